The van der Waals surface area contributed by atoms with E-state index in [-0.39, 0.29) is 6.04 Å². The lowest BCUT2D eigenvalue weighted by Crippen LogP contribution is -2.40. The molecule has 0 unspecified atom stereocenters. The maximum absolute atomic E-state index is 5.79. The van der Waals surface area contributed by atoms with Crippen LogP contribution in [0.25, 0.3) is 22.5 Å². The first-order chi connectivity index (χ1) is 15.2. The first-order valence-corrected chi connectivity index (χ1v) is 10.7. The minimum Gasteiger partial charge on any atom is -0.424 e. The molecule has 5 rings (SSSR count). The van der Waals surface area contributed by atoms with Crippen molar-refractivity contribution >= 4 is 29.0 Å². The van der Waals surface area contributed by atoms with Crippen LogP contribution in [0.1, 0.15) is 13.8 Å². The van der Waals surface area contributed by atoms with Gasteiger partial charge in [-0.05, 0) is 32.0 Å². The largest absolute Gasteiger partial charge is 0.424 e. The fraction of sp³-hybridized carbons (Fsp3) is 0.524. The number of morpholine rings is 2. The minimum absolute atomic E-state index is 0.239. The van der Waals surface area contributed by atoms with Gasteiger partial charge in [-0.1, -0.05) is 0 Å². The molecule has 10 heteroatoms. The number of oxazole rings is 1. The Morgan fingerprint density at radius 1 is 0.839 bits per heavy atom. The molecule has 2 aromatic heterocycles. The second kappa shape index (κ2) is 8.64. The third-order valence-corrected chi connectivity index (χ3v) is 5.26. The number of nitrogens with zero attached hydrogens (tertiary/aromatic N) is 6. The van der Waals surface area contributed by atoms with E-state index in [9.17, 15) is 0 Å². The molecule has 10 nitrogen and oxygen atoms in total. The summed E-state index contributed by atoms with van der Waals surface area (Å²) in [6.07, 6.45) is 0. The van der Waals surface area contributed by atoms with E-state index in [4.69, 9.17) is 28.8 Å². The lowest BCUT2D eigenvalue weighted by molar-refractivity contribution is 0.121. The van der Waals surface area contributed by atoms with E-state index >= 15 is 0 Å². The monoisotopic (exact) mass is 425 g/mol. The maximum Gasteiger partial charge on any atom is 0.295 e. The van der Waals surface area contributed by atoms with Crippen molar-refractivity contribution in [2.75, 3.05) is 67.7 Å². The summed E-state index contributed by atoms with van der Waals surface area (Å²) < 4.78 is 16.8. The highest BCUT2D eigenvalue weighted by atomic mass is 16.5. The highest BCUT2D eigenvalue weighted by molar-refractivity contribution is 5.80. The second-order valence-electron chi connectivity index (χ2n) is 7.96. The summed E-state index contributed by atoms with van der Waals surface area (Å²) in [7, 11) is 0. The molecule has 1 aromatic carbocycles. The number of anilines is 3. The first kappa shape index (κ1) is 20.0. The molecule has 0 radical (unpaired) electrons. The SMILES string of the molecule is CC(C)Nc1nc2cc(-c3nc(N4CCOCC4)nc(N4CCOCC4)n3)ccc2o1. The summed E-state index contributed by atoms with van der Waals surface area (Å²) in [4.78, 5) is 23.2. The molecule has 4 heterocycles. The maximum atomic E-state index is 5.79. The van der Waals surface area contributed by atoms with Crippen molar-refractivity contribution in [2.24, 2.45) is 0 Å². The zero-order valence-corrected chi connectivity index (χ0v) is 17.9. The van der Waals surface area contributed by atoms with Gasteiger partial charge in [-0.15, -0.1) is 0 Å². The summed E-state index contributed by atoms with van der Waals surface area (Å²) in [5.74, 6) is 1.98. The molecular weight excluding hydrogens is 398 g/mol. The number of hydrogen-bond acceptors (Lipinski definition) is 10. The molecule has 0 aliphatic carbocycles. The molecule has 2 aliphatic heterocycles. The molecule has 0 bridgehead atoms. The van der Waals surface area contributed by atoms with Gasteiger partial charge in [0.05, 0.1) is 26.4 Å². The average Bonchev–Trinajstić information content (AvgIpc) is 3.20. The van der Waals surface area contributed by atoms with Gasteiger partial charge in [0.1, 0.15) is 5.52 Å². The van der Waals surface area contributed by atoms with E-state index in [1.807, 2.05) is 32.0 Å². The summed E-state index contributed by atoms with van der Waals surface area (Å²) in [6, 6.07) is 6.60. The Balaban J connectivity index is 1.53. The average molecular weight is 425 g/mol. The Morgan fingerprint density at radius 3 is 2.03 bits per heavy atom. The van der Waals surface area contributed by atoms with E-state index in [1.54, 1.807) is 0 Å². The number of ether oxygens (including phenoxy) is 2. The zero-order chi connectivity index (χ0) is 21.2. The molecule has 0 atom stereocenters. The Hall–Kier alpha value is -2.98. The number of aromatic nitrogens is 4. The predicted octanol–water partition coefficient (Wildman–Crippen LogP) is 2.17. The summed E-state index contributed by atoms with van der Waals surface area (Å²) in [5, 5.41) is 3.20. The van der Waals surface area contributed by atoms with Crippen LogP contribution in [0.2, 0.25) is 0 Å². The molecular formula is C21H27N7O3. The van der Waals surface area contributed by atoms with Crippen molar-refractivity contribution in [1.29, 1.82) is 0 Å². The smallest absolute Gasteiger partial charge is 0.295 e. The Labute approximate surface area is 180 Å². The van der Waals surface area contributed by atoms with E-state index in [2.05, 4.69) is 20.1 Å². The lowest BCUT2D eigenvalue weighted by Gasteiger charge is -2.30. The molecule has 0 spiro atoms. The van der Waals surface area contributed by atoms with Gasteiger partial charge in [-0.3, -0.25) is 0 Å². The normalized spacial score (nSPS) is 17.5. The second-order valence-corrected chi connectivity index (χ2v) is 7.96. The first-order valence-electron chi connectivity index (χ1n) is 10.7. The number of rotatable bonds is 5. The molecule has 2 fully saturated rings. The molecule has 2 saturated heterocycles. The summed E-state index contributed by atoms with van der Waals surface area (Å²) >= 11 is 0. The van der Waals surface area contributed by atoms with Gasteiger partial charge in [-0.25, -0.2) is 0 Å². The third kappa shape index (κ3) is 4.40. The van der Waals surface area contributed by atoms with Crippen molar-refractivity contribution < 1.29 is 13.9 Å². The highest BCUT2D eigenvalue weighted by Gasteiger charge is 2.21. The number of hydrogen-bond donors (Lipinski definition) is 1. The molecule has 0 saturated carbocycles. The van der Waals surface area contributed by atoms with Gasteiger partial charge in [0.2, 0.25) is 11.9 Å². The van der Waals surface area contributed by atoms with Crippen molar-refractivity contribution in [3.63, 3.8) is 0 Å². The summed E-state index contributed by atoms with van der Waals surface area (Å²) in [5.41, 5.74) is 2.37. The van der Waals surface area contributed by atoms with Crippen LogP contribution in [-0.4, -0.2) is 78.6 Å². The highest BCUT2D eigenvalue weighted by Crippen LogP contribution is 2.27. The standard InChI is InChI=1S/C21H27N7O3/c1-14(2)22-21-23-16-13-15(3-4-17(16)31-21)18-24-19(27-5-9-29-10-6-27)26-20(25-18)28-7-11-30-12-8-28/h3-4,13-14H,5-12H2,1-2H3,(H,22,23). The van der Waals surface area contributed by atoms with Gasteiger partial charge in [0.25, 0.3) is 6.01 Å². The fourth-order valence-electron chi connectivity index (χ4n) is 3.67. The Morgan fingerprint density at radius 2 is 1.45 bits per heavy atom. The van der Waals surface area contributed by atoms with E-state index < -0.39 is 0 Å². The third-order valence-electron chi connectivity index (χ3n) is 5.26. The van der Waals surface area contributed by atoms with Crippen LogP contribution in [0.4, 0.5) is 17.9 Å². The number of benzene rings is 1. The topological polar surface area (TPSA) is 102 Å². The van der Waals surface area contributed by atoms with Crippen LogP contribution in [0.15, 0.2) is 22.6 Å². The van der Waals surface area contributed by atoms with Gasteiger partial charge < -0.3 is 29.0 Å². The molecule has 1 N–H and O–H groups in total. The van der Waals surface area contributed by atoms with E-state index in [1.165, 1.54) is 0 Å². The number of fused-ring (bicyclic) bond motifs is 1. The summed E-state index contributed by atoms with van der Waals surface area (Å²) in [6.45, 7) is 9.83. The fourth-order valence-corrected chi connectivity index (χ4v) is 3.67. The van der Waals surface area contributed by atoms with Gasteiger partial charge in [-0.2, -0.15) is 19.9 Å². The van der Waals surface area contributed by atoms with Crippen LogP contribution < -0.4 is 15.1 Å². The Kier molecular flexibility index (Phi) is 5.56. The van der Waals surface area contributed by atoms with Crippen molar-refractivity contribution in [3.8, 4) is 11.4 Å². The molecule has 164 valence electrons. The van der Waals surface area contributed by atoms with Crippen LogP contribution in [-0.2, 0) is 9.47 Å². The van der Waals surface area contributed by atoms with Crippen LogP contribution in [0.3, 0.4) is 0 Å². The molecule has 2 aliphatic rings. The minimum atomic E-state index is 0.239. The van der Waals surface area contributed by atoms with Gasteiger partial charge >= 0.3 is 0 Å². The Bertz CT molecular complexity index is 1010. The van der Waals surface area contributed by atoms with Gasteiger partial charge in [0, 0.05) is 37.8 Å². The van der Waals surface area contributed by atoms with Crippen molar-refractivity contribution in [1.82, 2.24) is 19.9 Å². The predicted molar refractivity (Wildman–Crippen MR) is 118 cm³/mol. The van der Waals surface area contributed by atoms with Crippen molar-refractivity contribution in [3.05, 3.63) is 18.2 Å². The molecule has 3 aromatic rings. The zero-order valence-electron chi connectivity index (χ0n) is 17.9. The van der Waals surface area contributed by atoms with E-state index in [0.717, 1.165) is 42.8 Å². The van der Waals surface area contributed by atoms with Crippen molar-refractivity contribution in [2.45, 2.75) is 19.9 Å². The number of nitrogens with one attached hydrogen (secondary N) is 1. The molecule has 0 amide bonds. The van der Waals surface area contributed by atoms with Crippen LogP contribution >= 0.6 is 0 Å². The quantitative estimate of drug-likeness (QED) is 0.654. The van der Waals surface area contributed by atoms with Gasteiger partial charge in [0.15, 0.2) is 11.4 Å². The molecule has 31 heavy (non-hydrogen) atoms. The van der Waals surface area contributed by atoms with E-state index in [0.29, 0.717) is 50.2 Å². The lowest BCUT2D eigenvalue weighted by atomic mass is 10.2. The van der Waals surface area contributed by atoms with Crippen LogP contribution in [0, 0.1) is 0 Å². The van der Waals surface area contributed by atoms with Crippen LogP contribution in [0.5, 0.6) is 0 Å².